The molecule has 1 aliphatic rings. The van der Waals surface area contributed by atoms with Gasteiger partial charge in [-0.25, -0.2) is 4.98 Å². The molecule has 3 aromatic rings. The zero-order valence-corrected chi connectivity index (χ0v) is 10.7. The number of nitrogens with zero attached hydrogens (tertiary/aromatic N) is 1. The van der Waals surface area contributed by atoms with Gasteiger partial charge in [0.2, 0.25) is 0 Å². The first-order chi connectivity index (χ1) is 9.31. The van der Waals surface area contributed by atoms with E-state index in [1.807, 2.05) is 0 Å². The highest BCUT2D eigenvalue weighted by molar-refractivity contribution is 6.04. The van der Waals surface area contributed by atoms with Gasteiger partial charge in [0.05, 0.1) is 11.2 Å². The Bertz CT molecular complexity index is 828. The Kier molecular flexibility index (Phi) is 2.10. The van der Waals surface area contributed by atoms with Gasteiger partial charge in [0.15, 0.2) is 0 Å². The molecule has 0 N–H and O–H groups in total. The predicted octanol–water partition coefficient (Wildman–Crippen LogP) is 4.69. The van der Waals surface area contributed by atoms with Crippen LogP contribution in [0.1, 0.15) is 16.7 Å². The maximum atomic E-state index is 4.81. The molecule has 90 valence electrons. The number of hydrogen-bond donors (Lipinski definition) is 0. The molecule has 0 saturated carbocycles. The molecule has 0 aliphatic heterocycles. The highest BCUT2D eigenvalue weighted by atomic mass is 14.7. The molecule has 4 rings (SSSR count). The summed E-state index contributed by atoms with van der Waals surface area (Å²) >= 11 is 0. The SMILES string of the molecule is Cc1cccc(-c2cc3c4c(cccc4n2)C=C3)c1. The quantitative estimate of drug-likeness (QED) is 0.472. The van der Waals surface area contributed by atoms with Crippen molar-refractivity contribution in [2.75, 3.05) is 0 Å². The van der Waals surface area contributed by atoms with E-state index >= 15 is 0 Å². The summed E-state index contributed by atoms with van der Waals surface area (Å²) in [4.78, 5) is 4.81. The lowest BCUT2D eigenvalue weighted by molar-refractivity contribution is 1.38. The lowest BCUT2D eigenvalue weighted by Crippen LogP contribution is -1.88. The first-order valence-corrected chi connectivity index (χ1v) is 6.50. The number of benzene rings is 2. The molecule has 19 heavy (non-hydrogen) atoms. The summed E-state index contributed by atoms with van der Waals surface area (Å²) in [5.74, 6) is 0. The molecule has 2 aromatic carbocycles. The fourth-order valence-corrected chi connectivity index (χ4v) is 2.75. The summed E-state index contributed by atoms with van der Waals surface area (Å²) in [6.07, 6.45) is 4.35. The Morgan fingerprint density at radius 3 is 2.58 bits per heavy atom. The molecule has 0 unspecified atom stereocenters. The largest absolute Gasteiger partial charge is 0.248 e. The number of hydrogen-bond acceptors (Lipinski definition) is 1. The van der Waals surface area contributed by atoms with Gasteiger partial charge in [-0.3, -0.25) is 0 Å². The molecule has 1 aromatic heterocycles. The number of aryl methyl sites for hydroxylation is 1. The lowest BCUT2D eigenvalue weighted by Gasteiger charge is -2.07. The fraction of sp³-hybridized carbons (Fsp3) is 0.0556. The molecule has 0 radical (unpaired) electrons. The van der Waals surface area contributed by atoms with Gasteiger partial charge in [-0.05, 0) is 36.2 Å². The predicted molar refractivity (Wildman–Crippen MR) is 80.8 cm³/mol. The van der Waals surface area contributed by atoms with Gasteiger partial charge in [-0.15, -0.1) is 0 Å². The lowest BCUT2D eigenvalue weighted by atomic mass is 10.0. The van der Waals surface area contributed by atoms with Crippen molar-refractivity contribution in [3.63, 3.8) is 0 Å². The van der Waals surface area contributed by atoms with Crippen LogP contribution in [0, 0.1) is 6.92 Å². The summed E-state index contributed by atoms with van der Waals surface area (Å²) in [5, 5.41) is 1.28. The molecule has 0 atom stereocenters. The second kappa shape index (κ2) is 3.79. The van der Waals surface area contributed by atoms with Gasteiger partial charge in [0.1, 0.15) is 0 Å². The van der Waals surface area contributed by atoms with Crippen molar-refractivity contribution < 1.29 is 0 Å². The van der Waals surface area contributed by atoms with Crippen molar-refractivity contribution in [3.8, 4) is 11.3 Å². The third kappa shape index (κ3) is 1.59. The zero-order chi connectivity index (χ0) is 12.8. The summed E-state index contributed by atoms with van der Waals surface area (Å²) in [7, 11) is 0. The van der Waals surface area contributed by atoms with Crippen molar-refractivity contribution >= 4 is 23.1 Å². The van der Waals surface area contributed by atoms with E-state index in [0.29, 0.717) is 0 Å². The van der Waals surface area contributed by atoms with Gasteiger partial charge in [0.25, 0.3) is 0 Å². The van der Waals surface area contributed by atoms with E-state index in [1.54, 1.807) is 0 Å². The van der Waals surface area contributed by atoms with Crippen molar-refractivity contribution in [2.45, 2.75) is 6.92 Å². The highest BCUT2D eigenvalue weighted by Crippen LogP contribution is 2.33. The average molecular weight is 243 g/mol. The van der Waals surface area contributed by atoms with Crippen LogP contribution in [-0.2, 0) is 0 Å². The summed E-state index contributed by atoms with van der Waals surface area (Å²) < 4.78 is 0. The molecule has 1 nitrogen and oxygen atoms in total. The third-order valence-electron chi connectivity index (χ3n) is 3.65. The van der Waals surface area contributed by atoms with Crippen molar-refractivity contribution in [3.05, 3.63) is 65.2 Å². The molecular formula is C18H13N. The van der Waals surface area contributed by atoms with Crippen LogP contribution in [-0.4, -0.2) is 4.98 Å². The Hall–Kier alpha value is -2.41. The van der Waals surface area contributed by atoms with Crippen LogP contribution in [0.15, 0.2) is 48.5 Å². The monoisotopic (exact) mass is 243 g/mol. The molecule has 0 bridgehead atoms. The minimum atomic E-state index is 1.05. The normalized spacial score (nSPS) is 12.3. The van der Waals surface area contributed by atoms with Gasteiger partial charge in [0, 0.05) is 10.9 Å². The average Bonchev–Trinajstić information content (AvgIpc) is 2.84. The summed E-state index contributed by atoms with van der Waals surface area (Å²) in [6, 6.07) is 17.0. The summed E-state index contributed by atoms with van der Waals surface area (Å²) in [6.45, 7) is 2.11. The summed E-state index contributed by atoms with van der Waals surface area (Å²) in [5.41, 5.74) is 7.13. The molecule has 1 heteroatoms. The minimum absolute atomic E-state index is 1.05. The van der Waals surface area contributed by atoms with Crippen LogP contribution in [0.3, 0.4) is 0 Å². The maximum Gasteiger partial charge on any atom is 0.0721 e. The molecule has 0 saturated heterocycles. The Labute approximate surface area is 112 Å². The topological polar surface area (TPSA) is 12.9 Å². The molecule has 0 fully saturated rings. The van der Waals surface area contributed by atoms with E-state index in [-0.39, 0.29) is 0 Å². The number of aromatic nitrogens is 1. The van der Waals surface area contributed by atoms with Crippen molar-refractivity contribution in [1.82, 2.24) is 4.98 Å². The number of pyridine rings is 1. The van der Waals surface area contributed by atoms with Crippen LogP contribution in [0.2, 0.25) is 0 Å². The Balaban J connectivity index is 2.02. The Morgan fingerprint density at radius 1 is 0.842 bits per heavy atom. The van der Waals surface area contributed by atoms with Crippen LogP contribution in [0.5, 0.6) is 0 Å². The number of rotatable bonds is 1. The standard InChI is InChI=1S/C18H13N/c1-12-4-2-6-14(10-12)17-11-15-9-8-13-5-3-7-16(19-17)18(13)15/h2-11H,1H3. The first kappa shape index (κ1) is 10.5. The minimum Gasteiger partial charge on any atom is -0.248 e. The molecule has 1 heterocycles. The van der Waals surface area contributed by atoms with Crippen LogP contribution >= 0.6 is 0 Å². The van der Waals surface area contributed by atoms with E-state index in [9.17, 15) is 0 Å². The highest BCUT2D eigenvalue weighted by Gasteiger charge is 2.12. The van der Waals surface area contributed by atoms with E-state index in [4.69, 9.17) is 4.98 Å². The van der Waals surface area contributed by atoms with Crippen molar-refractivity contribution in [2.24, 2.45) is 0 Å². The van der Waals surface area contributed by atoms with E-state index in [0.717, 1.165) is 11.2 Å². The molecular weight excluding hydrogens is 230 g/mol. The van der Waals surface area contributed by atoms with Gasteiger partial charge < -0.3 is 0 Å². The second-order valence-electron chi connectivity index (χ2n) is 5.04. The van der Waals surface area contributed by atoms with Crippen LogP contribution < -0.4 is 0 Å². The Morgan fingerprint density at radius 2 is 1.68 bits per heavy atom. The van der Waals surface area contributed by atoms with Gasteiger partial charge in [-0.1, -0.05) is 48.0 Å². The van der Waals surface area contributed by atoms with Crippen molar-refractivity contribution in [1.29, 1.82) is 0 Å². The third-order valence-corrected chi connectivity index (χ3v) is 3.65. The molecule has 0 spiro atoms. The van der Waals surface area contributed by atoms with E-state index in [1.165, 1.54) is 27.6 Å². The van der Waals surface area contributed by atoms with Gasteiger partial charge >= 0.3 is 0 Å². The van der Waals surface area contributed by atoms with E-state index in [2.05, 4.69) is 67.6 Å². The molecule has 0 amide bonds. The zero-order valence-electron chi connectivity index (χ0n) is 10.7. The van der Waals surface area contributed by atoms with Crippen LogP contribution in [0.4, 0.5) is 0 Å². The van der Waals surface area contributed by atoms with Gasteiger partial charge in [-0.2, -0.15) is 0 Å². The first-order valence-electron chi connectivity index (χ1n) is 6.50. The van der Waals surface area contributed by atoms with E-state index < -0.39 is 0 Å². The second-order valence-corrected chi connectivity index (χ2v) is 5.04. The maximum absolute atomic E-state index is 4.81. The van der Waals surface area contributed by atoms with Crippen LogP contribution in [0.25, 0.3) is 34.3 Å². The fourth-order valence-electron chi connectivity index (χ4n) is 2.75. The smallest absolute Gasteiger partial charge is 0.0721 e. The molecule has 1 aliphatic carbocycles.